The summed E-state index contributed by atoms with van der Waals surface area (Å²) in [5.74, 6) is 2.11. The van der Waals surface area contributed by atoms with E-state index < -0.39 is 0 Å². The molecular formula is C19H31IN4O3. The molecule has 0 radical (unpaired) electrons. The number of aliphatic imine (C=N–C) groups is 1. The highest BCUT2D eigenvalue weighted by molar-refractivity contribution is 14.0. The standard InChI is InChI=1S/C19H30N4O3.HI/c1-4-20-19(22-14-18(24)23-11-7-8-12-23)21-13-15(2)26-17-10-6-5-9-16(17)25-3;/h5-6,9-10,15H,4,7-8,11-14H2,1-3H3,(H2,20,21,22);1H. The molecule has 1 unspecified atom stereocenters. The molecule has 1 amide bonds. The Labute approximate surface area is 178 Å². The largest absolute Gasteiger partial charge is 0.493 e. The lowest BCUT2D eigenvalue weighted by Crippen LogP contribution is -2.42. The van der Waals surface area contributed by atoms with Crippen LogP contribution in [0.5, 0.6) is 11.5 Å². The van der Waals surface area contributed by atoms with Crippen molar-refractivity contribution in [2.45, 2.75) is 32.8 Å². The first-order valence-corrected chi connectivity index (χ1v) is 9.23. The summed E-state index contributed by atoms with van der Waals surface area (Å²) in [6.45, 7) is 7.11. The van der Waals surface area contributed by atoms with Crippen LogP contribution >= 0.6 is 24.0 Å². The van der Waals surface area contributed by atoms with E-state index in [0.717, 1.165) is 32.5 Å². The average Bonchev–Trinajstić information content (AvgIpc) is 3.19. The maximum absolute atomic E-state index is 12.1. The van der Waals surface area contributed by atoms with Gasteiger partial charge < -0.3 is 25.0 Å². The lowest BCUT2D eigenvalue weighted by molar-refractivity contribution is -0.128. The lowest BCUT2D eigenvalue weighted by Gasteiger charge is -2.19. The molecule has 2 rings (SSSR count). The smallest absolute Gasteiger partial charge is 0.244 e. The number of amides is 1. The first kappa shape index (κ1) is 23.3. The number of carbonyl (C=O) groups is 1. The minimum absolute atomic E-state index is 0. The summed E-state index contributed by atoms with van der Waals surface area (Å²) in [7, 11) is 1.62. The molecule has 0 spiro atoms. The Balaban J connectivity index is 0.00000364. The molecule has 0 saturated carbocycles. The highest BCUT2D eigenvalue weighted by Crippen LogP contribution is 2.26. The van der Waals surface area contributed by atoms with Crippen LogP contribution in [0.1, 0.15) is 26.7 Å². The zero-order valence-corrected chi connectivity index (χ0v) is 18.7. The number of methoxy groups -OCH3 is 1. The van der Waals surface area contributed by atoms with Gasteiger partial charge in [-0.15, -0.1) is 24.0 Å². The zero-order valence-electron chi connectivity index (χ0n) is 16.4. The number of nitrogens with zero attached hydrogens (tertiary/aromatic N) is 2. The minimum Gasteiger partial charge on any atom is -0.493 e. The topological polar surface area (TPSA) is 75.2 Å². The Morgan fingerprint density at radius 3 is 2.52 bits per heavy atom. The first-order chi connectivity index (χ1) is 12.6. The van der Waals surface area contributed by atoms with Crippen molar-refractivity contribution in [1.29, 1.82) is 0 Å². The van der Waals surface area contributed by atoms with Crippen LogP contribution in [0.3, 0.4) is 0 Å². The van der Waals surface area contributed by atoms with Crippen molar-refractivity contribution >= 4 is 35.8 Å². The molecular weight excluding hydrogens is 459 g/mol. The number of nitrogens with one attached hydrogen (secondary N) is 2. The van der Waals surface area contributed by atoms with E-state index in [-0.39, 0.29) is 42.5 Å². The fourth-order valence-corrected chi connectivity index (χ4v) is 2.77. The van der Waals surface area contributed by atoms with Crippen molar-refractivity contribution in [2.75, 3.05) is 39.8 Å². The van der Waals surface area contributed by atoms with Gasteiger partial charge in [0.1, 0.15) is 12.6 Å². The van der Waals surface area contributed by atoms with E-state index in [2.05, 4.69) is 15.6 Å². The van der Waals surface area contributed by atoms with Gasteiger partial charge in [-0.1, -0.05) is 12.1 Å². The molecule has 2 N–H and O–H groups in total. The number of guanidine groups is 1. The molecule has 0 aromatic heterocycles. The van der Waals surface area contributed by atoms with Crippen molar-refractivity contribution in [2.24, 2.45) is 4.99 Å². The van der Waals surface area contributed by atoms with E-state index in [9.17, 15) is 4.79 Å². The molecule has 1 aliphatic heterocycles. The summed E-state index contributed by atoms with van der Waals surface area (Å²) in [6, 6.07) is 7.56. The molecule has 1 heterocycles. The molecule has 7 nitrogen and oxygen atoms in total. The average molecular weight is 490 g/mol. The van der Waals surface area contributed by atoms with Gasteiger partial charge in [0.2, 0.25) is 5.91 Å². The predicted octanol–water partition coefficient (Wildman–Crippen LogP) is 2.26. The van der Waals surface area contributed by atoms with E-state index in [0.29, 0.717) is 24.0 Å². The van der Waals surface area contributed by atoms with Crippen LogP contribution in [-0.2, 0) is 4.79 Å². The lowest BCUT2D eigenvalue weighted by atomic mass is 10.3. The van der Waals surface area contributed by atoms with E-state index in [1.54, 1.807) is 7.11 Å². The molecule has 8 heteroatoms. The van der Waals surface area contributed by atoms with Gasteiger partial charge in [0.25, 0.3) is 0 Å². The molecule has 1 fully saturated rings. The third kappa shape index (κ3) is 7.82. The molecule has 1 atom stereocenters. The fourth-order valence-electron chi connectivity index (χ4n) is 2.77. The van der Waals surface area contributed by atoms with E-state index in [1.165, 1.54) is 0 Å². The van der Waals surface area contributed by atoms with Crippen molar-refractivity contribution in [3.63, 3.8) is 0 Å². The monoisotopic (exact) mass is 490 g/mol. The van der Waals surface area contributed by atoms with Crippen molar-refractivity contribution < 1.29 is 14.3 Å². The third-order valence-electron chi connectivity index (χ3n) is 4.13. The highest BCUT2D eigenvalue weighted by Gasteiger charge is 2.17. The number of ether oxygens (including phenoxy) is 2. The van der Waals surface area contributed by atoms with Crippen LogP contribution in [-0.4, -0.2) is 62.7 Å². The Morgan fingerprint density at radius 1 is 1.22 bits per heavy atom. The van der Waals surface area contributed by atoms with Crippen LogP contribution in [0.25, 0.3) is 0 Å². The van der Waals surface area contributed by atoms with Crippen molar-refractivity contribution in [3.8, 4) is 11.5 Å². The molecule has 1 saturated heterocycles. The summed E-state index contributed by atoms with van der Waals surface area (Å²) in [5, 5.41) is 6.38. The zero-order chi connectivity index (χ0) is 18.8. The van der Waals surface area contributed by atoms with Crippen molar-refractivity contribution in [3.05, 3.63) is 24.3 Å². The molecule has 0 bridgehead atoms. The van der Waals surface area contributed by atoms with E-state index in [1.807, 2.05) is 43.0 Å². The fraction of sp³-hybridized carbons (Fsp3) is 0.579. The first-order valence-electron chi connectivity index (χ1n) is 9.23. The van der Waals surface area contributed by atoms with Crippen LogP contribution in [0.15, 0.2) is 29.3 Å². The van der Waals surface area contributed by atoms with E-state index >= 15 is 0 Å². The molecule has 1 aromatic carbocycles. The van der Waals surface area contributed by atoms with Gasteiger partial charge in [-0.2, -0.15) is 0 Å². The summed E-state index contributed by atoms with van der Waals surface area (Å²) >= 11 is 0. The Kier molecular flexibility index (Phi) is 10.9. The summed E-state index contributed by atoms with van der Waals surface area (Å²) in [4.78, 5) is 18.4. The van der Waals surface area contributed by atoms with Crippen LogP contribution < -0.4 is 20.1 Å². The number of rotatable bonds is 8. The number of halogens is 1. The minimum atomic E-state index is -0.0931. The molecule has 1 aromatic rings. The number of benzene rings is 1. The quantitative estimate of drug-likeness (QED) is 0.332. The Hall–Kier alpha value is -1.71. The Bertz CT molecular complexity index is 606. The summed E-state index contributed by atoms with van der Waals surface area (Å²) < 4.78 is 11.2. The number of likely N-dealkylation sites (tertiary alicyclic amines) is 1. The molecule has 27 heavy (non-hydrogen) atoms. The second-order valence-corrected chi connectivity index (χ2v) is 6.24. The second-order valence-electron chi connectivity index (χ2n) is 6.24. The van der Waals surface area contributed by atoms with Gasteiger partial charge in [0.05, 0.1) is 13.7 Å². The van der Waals surface area contributed by atoms with Crippen LogP contribution in [0.2, 0.25) is 0 Å². The maximum Gasteiger partial charge on any atom is 0.244 e. The van der Waals surface area contributed by atoms with E-state index in [4.69, 9.17) is 9.47 Å². The molecule has 0 aliphatic carbocycles. The van der Waals surface area contributed by atoms with Gasteiger partial charge in [0.15, 0.2) is 17.5 Å². The van der Waals surface area contributed by atoms with Gasteiger partial charge in [-0.25, -0.2) is 4.99 Å². The molecule has 1 aliphatic rings. The summed E-state index contributed by atoms with van der Waals surface area (Å²) in [6.07, 6.45) is 2.08. The number of hydrogen-bond acceptors (Lipinski definition) is 4. The third-order valence-corrected chi connectivity index (χ3v) is 4.13. The SMILES string of the molecule is CCNC(=NCC(=O)N1CCCC1)NCC(C)Oc1ccccc1OC.I. The number of hydrogen-bond donors (Lipinski definition) is 2. The number of carbonyl (C=O) groups excluding carboxylic acids is 1. The van der Waals surface area contributed by atoms with Gasteiger partial charge in [0, 0.05) is 19.6 Å². The second kappa shape index (κ2) is 12.6. The highest BCUT2D eigenvalue weighted by atomic mass is 127. The van der Waals surface area contributed by atoms with Gasteiger partial charge in [-0.05, 0) is 38.8 Å². The predicted molar refractivity (Wildman–Crippen MR) is 118 cm³/mol. The van der Waals surface area contributed by atoms with Crippen LogP contribution in [0.4, 0.5) is 0 Å². The van der Waals surface area contributed by atoms with Gasteiger partial charge >= 0.3 is 0 Å². The Morgan fingerprint density at radius 2 is 1.89 bits per heavy atom. The summed E-state index contributed by atoms with van der Waals surface area (Å²) in [5.41, 5.74) is 0. The maximum atomic E-state index is 12.1. The van der Waals surface area contributed by atoms with Gasteiger partial charge in [-0.3, -0.25) is 4.79 Å². The molecule has 152 valence electrons. The normalized spacial score (nSPS) is 14.9. The van der Waals surface area contributed by atoms with Crippen molar-refractivity contribution in [1.82, 2.24) is 15.5 Å². The van der Waals surface area contributed by atoms with Crippen LogP contribution in [0, 0.1) is 0 Å². The number of para-hydroxylation sites is 2.